The highest BCUT2D eigenvalue weighted by molar-refractivity contribution is 6.31. The van der Waals surface area contributed by atoms with Gasteiger partial charge in [0.2, 0.25) is 11.8 Å². The summed E-state index contributed by atoms with van der Waals surface area (Å²) in [5, 5.41) is 6.70. The molecule has 6 rings (SSSR count). The van der Waals surface area contributed by atoms with Crippen LogP contribution in [0.25, 0.3) is 11.0 Å². The number of hydrogen-bond donors (Lipinski definition) is 3. The first-order valence-electron chi connectivity index (χ1n) is 14.5. The largest absolute Gasteiger partial charge is 0.380 e. The van der Waals surface area contributed by atoms with Gasteiger partial charge >= 0.3 is 0 Å². The van der Waals surface area contributed by atoms with Gasteiger partial charge in [-0.2, -0.15) is 0 Å². The maximum absolute atomic E-state index is 14.0. The zero-order valence-corrected chi connectivity index (χ0v) is 24.4. The van der Waals surface area contributed by atoms with Crippen molar-refractivity contribution in [3.63, 3.8) is 0 Å². The van der Waals surface area contributed by atoms with E-state index in [1.54, 1.807) is 7.05 Å². The number of carbonyl (C=O) groups excluding carboxylic acids is 2. The lowest BCUT2D eigenvalue weighted by Gasteiger charge is -2.45. The van der Waals surface area contributed by atoms with Gasteiger partial charge in [-0.05, 0) is 78.2 Å². The number of aromatic amines is 1. The van der Waals surface area contributed by atoms with Crippen molar-refractivity contribution in [3.05, 3.63) is 64.4 Å². The smallest absolute Gasteiger partial charge is 0.242 e. The van der Waals surface area contributed by atoms with Crippen molar-refractivity contribution >= 4 is 34.4 Å². The number of nitrogens with one attached hydrogen (secondary N) is 3. The molecule has 1 aromatic heterocycles. The predicted molar refractivity (Wildman–Crippen MR) is 156 cm³/mol. The van der Waals surface area contributed by atoms with Gasteiger partial charge < -0.3 is 20.4 Å². The molecule has 2 aromatic carbocycles. The van der Waals surface area contributed by atoms with Gasteiger partial charge in [-0.3, -0.25) is 9.59 Å². The Morgan fingerprint density at radius 2 is 1.85 bits per heavy atom. The van der Waals surface area contributed by atoms with Crippen LogP contribution in [0.4, 0.5) is 0 Å². The molecule has 2 amide bonds. The molecule has 3 N–H and O–H groups in total. The number of rotatable bonds is 9. The van der Waals surface area contributed by atoms with Crippen LogP contribution >= 0.6 is 11.6 Å². The van der Waals surface area contributed by atoms with Crippen molar-refractivity contribution in [1.82, 2.24) is 20.6 Å². The zero-order chi connectivity index (χ0) is 28.1. The second kappa shape index (κ2) is 10.2. The van der Waals surface area contributed by atoms with Gasteiger partial charge in [-0.15, -0.1) is 0 Å². The molecule has 7 nitrogen and oxygen atoms in total. The quantitative estimate of drug-likeness (QED) is 0.324. The number of imidazole rings is 1. The van der Waals surface area contributed by atoms with Crippen molar-refractivity contribution in [1.29, 1.82) is 0 Å². The summed E-state index contributed by atoms with van der Waals surface area (Å²) in [5.41, 5.74) is 2.96. The average Bonchev–Trinajstić information content (AvgIpc) is 3.32. The predicted octanol–water partition coefficient (Wildman–Crippen LogP) is 5.42. The minimum atomic E-state index is -0.860. The molecule has 2 aliphatic carbocycles. The van der Waals surface area contributed by atoms with Crippen LogP contribution in [0, 0.1) is 10.8 Å². The molecule has 1 aliphatic heterocycles. The summed E-state index contributed by atoms with van der Waals surface area (Å²) in [6.45, 7) is 5.20. The van der Waals surface area contributed by atoms with Gasteiger partial charge in [0, 0.05) is 25.1 Å². The van der Waals surface area contributed by atoms with Crippen LogP contribution in [0.15, 0.2) is 42.5 Å². The van der Waals surface area contributed by atoms with E-state index in [0.717, 1.165) is 53.1 Å². The summed E-state index contributed by atoms with van der Waals surface area (Å²) in [5.74, 6) is 0.900. The SMILES string of the molecule is CNC(=O)C(NC(=O)C1(c2ccc3[nH]c(CC(c4ccccc4Cl)C4(C)CC4)nc3c2)CCOC1)C1(C)CCC1. The molecule has 0 bridgehead atoms. The Bertz CT molecular complexity index is 1430. The molecular weight excluding hydrogens is 524 g/mol. The van der Waals surface area contributed by atoms with E-state index in [0.29, 0.717) is 13.0 Å². The number of halogens is 1. The number of carbonyl (C=O) groups is 2. The van der Waals surface area contributed by atoms with Crippen LogP contribution in [-0.2, 0) is 26.2 Å². The Hall–Kier alpha value is -2.90. The molecule has 8 heteroatoms. The normalized spacial score (nSPS) is 24.2. The van der Waals surface area contributed by atoms with E-state index in [1.807, 2.05) is 30.3 Å². The minimum absolute atomic E-state index is 0.144. The lowest BCUT2D eigenvalue weighted by atomic mass is 9.65. The van der Waals surface area contributed by atoms with Gasteiger partial charge in [0.1, 0.15) is 11.9 Å². The van der Waals surface area contributed by atoms with Crippen LogP contribution in [-0.4, -0.2) is 48.1 Å². The Morgan fingerprint density at radius 3 is 2.48 bits per heavy atom. The van der Waals surface area contributed by atoms with Crippen molar-refractivity contribution < 1.29 is 14.3 Å². The van der Waals surface area contributed by atoms with Crippen LogP contribution in [0.5, 0.6) is 0 Å². The Morgan fingerprint density at radius 1 is 1.07 bits per heavy atom. The molecular formula is C32H39ClN4O3. The van der Waals surface area contributed by atoms with Gasteiger partial charge in [0.05, 0.1) is 23.1 Å². The summed E-state index contributed by atoms with van der Waals surface area (Å²) in [7, 11) is 1.63. The van der Waals surface area contributed by atoms with Crippen molar-refractivity contribution in [2.24, 2.45) is 10.8 Å². The van der Waals surface area contributed by atoms with Gasteiger partial charge in [0.25, 0.3) is 0 Å². The summed E-state index contributed by atoms with van der Waals surface area (Å²) in [6, 6.07) is 13.6. The number of amides is 2. The Kier molecular flexibility index (Phi) is 6.94. The highest BCUT2D eigenvalue weighted by atomic mass is 35.5. The van der Waals surface area contributed by atoms with E-state index in [-0.39, 0.29) is 35.2 Å². The fraction of sp³-hybridized carbons (Fsp3) is 0.531. The van der Waals surface area contributed by atoms with Crippen molar-refractivity contribution in [3.8, 4) is 0 Å². The van der Waals surface area contributed by atoms with Gasteiger partial charge in [-0.25, -0.2) is 4.98 Å². The lowest BCUT2D eigenvalue weighted by molar-refractivity contribution is -0.136. The maximum atomic E-state index is 14.0. The summed E-state index contributed by atoms with van der Waals surface area (Å²) in [6.07, 6.45) is 6.61. The molecule has 3 unspecified atom stereocenters. The minimum Gasteiger partial charge on any atom is -0.380 e. The third-order valence-corrected chi connectivity index (χ3v) is 10.4. The molecule has 212 valence electrons. The first-order chi connectivity index (χ1) is 19.2. The topological polar surface area (TPSA) is 96.1 Å². The fourth-order valence-corrected chi connectivity index (χ4v) is 7.04. The Labute approximate surface area is 240 Å². The van der Waals surface area contributed by atoms with Crippen molar-refractivity contribution in [2.75, 3.05) is 20.3 Å². The van der Waals surface area contributed by atoms with E-state index in [1.165, 1.54) is 18.4 Å². The molecule has 40 heavy (non-hydrogen) atoms. The molecule has 2 saturated carbocycles. The molecule has 3 atom stereocenters. The van der Waals surface area contributed by atoms with Crippen LogP contribution in [0.3, 0.4) is 0 Å². The number of H-pyrrole nitrogens is 1. The van der Waals surface area contributed by atoms with Gasteiger partial charge in [0.15, 0.2) is 0 Å². The Balaban J connectivity index is 1.29. The average molecular weight is 563 g/mol. The summed E-state index contributed by atoms with van der Waals surface area (Å²) < 4.78 is 5.80. The van der Waals surface area contributed by atoms with E-state index in [9.17, 15) is 9.59 Å². The fourth-order valence-electron chi connectivity index (χ4n) is 6.78. The first kappa shape index (κ1) is 27.3. The number of benzene rings is 2. The van der Waals surface area contributed by atoms with Crippen LogP contribution in [0.1, 0.15) is 75.2 Å². The summed E-state index contributed by atoms with van der Waals surface area (Å²) >= 11 is 6.64. The highest BCUT2D eigenvalue weighted by Crippen LogP contribution is 2.57. The third kappa shape index (κ3) is 4.71. The maximum Gasteiger partial charge on any atom is 0.242 e. The lowest BCUT2D eigenvalue weighted by Crippen LogP contribution is -2.60. The van der Waals surface area contributed by atoms with E-state index < -0.39 is 11.5 Å². The number of hydrogen-bond acceptors (Lipinski definition) is 4. The van der Waals surface area contributed by atoms with E-state index in [2.05, 4.69) is 41.6 Å². The number of ether oxygens (including phenoxy) is 1. The van der Waals surface area contributed by atoms with Crippen molar-refractivity contribution in [2.45, 2.75) is 76.2 Å². The molecule has 1 saturated heterocycles. The molecule has 0 radical (unpaired) electrons. The number of nitrogens with zero attached hydrogens (tertiary/aromatic N) is 1. The number of fused-ring (bicyclic) bond motifs is 1. The van der Waals surface area contributed by atoms with E-state index in [4.69, 9.17) is 21.3 Å². The van der Waals surface area contributed by atoms with Crippen LogP contribution < -0.4 is 10.6 Å². The van der Waals surface area contributed by atoms with Crippen LogP contribution in [0.2, 0.25) is 5.02 Å². The second-order valence-corrected chi connectivity index (χ2v) is 13.2. The molecule has 3 aromatic rings. The summed E-state index contributed by atoms with van der Waals surface area (Å²) in [4.78, 5) is 35.3. The zero-order valence-electron chi connectivity index (χ0n) is 23.6. The number of aromatic nitrogens is 2. The molecule has 3 aliphatic rings. The highest BCUT2D eigenvalue weighted by Gasteiger charge is 2.50. The second-order valence-electron chi connectivity index (χ2n) is 12.8. The number of likely N-dealkylation sites (N-methyl/N-ethyl adjacent to an activating group) is 1. The molecule has 2 heterocycles. The third-order valence-electron chi connectivity index (χ3n) is 10.1. The van der Waals surface area contributed by atoms with Gasteiger partial charge in [-0.1, -0.05) is 56.1 Å². The molecule has 0 spiro atoms. The molecule has 3 fully saturated rings. The first-order valence-corrected chi connectivity index (χ1v) is 14.9. The monoisotopic (exact) mass is 562 g/mol. The van der Waals surface area contributed by atoms with E-state index >= 15 is 0 Å². The standard InChI is InChI=1S/C32H39ClN4O3/c1-30(13-14-30)22(21-7-4-5-8-23(21)33)18-26-35-24-10-9-20(17-25(24)36-26)32(15-16-40-19-32)29(39)37-27(28(38)34-3)31(2)11-6-12-31/h4-5,7-10,17,22,27H,6,11-16,18-19H2,1-3H3,(H,34,38)(H,35,36)(H,37,39).